The van der Waals surface area contributed by atoms with Gasteiger partial charge in [0.05, 0.1) is 58.9 Å². The highest BCUT2D eigenvalue weighted by atomic mass is 35.5. The first kappa shape index (κ1) is 26.6. The summed E-state index contributed by atoms with van der Waals surface area (Å²) in [4.78, 5) is 40.8. The van der Waals surface area contributed by atoms with Crippen LogP contribution in [-0.4, -0.2) is 80.2 Å². The third kappa shape index (κ3) is 5.31. The van der Waals surface area contributed by atoms with Crippen molar-refractivity contribution < 1.29 is 29.1 Å². The lowest BCUT2D eigenvalue weighted by molar-refractivity contribution is -0.384. The van der Waals surface area contributed by atoms with E-state index in [9.17, 15) is 24.8 Å². The van der Waals surface area contributed by atoms with Gasteiger partial charge < -0.3 is 24.4 Å². The fourth-order valence-electron chi connectivity index (χ4n) is 4.80. The molecule has 204 valence electrons. The number of hydrazone groups is 1. The number of nitrogens with zero attached hydrogens (tertiary/aromatic N) is 5. The number of hydrogen-bond acceptors (Lipinski definition) is 9. The van der Waals surface area contributed by atoms with Gasteiger partial charge in [0.15, 0.2) is 0 Å². The molecule has 0 unspecified atom stereocenters. The molecule has 1 amide bonds. The van der Waals surface area contributed by atoms with Gasteiger partial charge in [-0.15, -0.1) is 0 Å². The molecular weight excluding hydrogens is 530 g/mol. The minimum Gasteiger partial charge on any atom is -0.478 e. The van der Waals surface area contributed by atoms with Gasteiger partial charge >= 0.3 is 5.97 Å². The standard InChI is InChI=1S/C26H26ClN5O7/c1-16-19(25(33)31(28-16)18-2-3-21(27)20(14-18)26(34)35)12-17-13-24(32(36)37)23(30-6-10-39-11-7-30)15-22(17)29-4-8-38-9-5-29/h2-3,12-15H,4-11H2,1H3,(H,34,35)/b19-12+. The zero-order valence-electron chi connectivity index (χ0n) is 21.1. The van der Waals surface area contributed by atoms with E-state index in [1.807, 2.05) is 11.0 Å². The predicted octanol–water partition coefficient (Wildman–Crippen LogP) is 3.43. The minimum atomic E-state index is -1.23. The number of nitro benzene ring substituents is 1. The van der Waals surface area contributed by atoms with Crippen LogP contribution in [0.5, 0.6) is 0 Å². The summed E-state index contributed by atoms with van der Waals surface area (Å²) < 4.78 is 10.9. The predicted molar refractivity (Wildman–Crippen MR) is 146 cm³/mol. The van der Waals surface area contributed by atoms with Crippen molar-refractivity contribution in [2.24, 2.45) is 5.10 Å². The number of amides is 1. The second-order valence-electron chi connectivity index (χ2n) is 9.19. The van der Waals surface area contributed by atoms with E-state index in [1.54, 1.807) is 13.0 Å². The molecule has 2 saturated heterocycles. The summed E-state index contributed by atoms with van der Waals surface area (Å²) in [6.45, 7) is 5.87. The van der Waals surface area contributed by atoms with Crippen LogP contribution in [0.2, 0.25) is 5.02 Å². The molecule has 2 aromatic carbocycles. The number of nitro groups is 1. The van der Waals surface area contributed by atoms with Gasteiger partial charge in [0.1, 0.15) is 5.69 Å². The second-order valence-corrected chi connectivity index (χ2v) is 9.59. The van der Waals surface area contributed by atoms with Crippen molar-refractivity contribution >= 4 is 58.0 Å². The Morgan fingerprint density at radius 3 is 2.26 bits per heavy atom. The van der Waals surface area contributed by atoms with Crippen LogP contribution in [0.15, 0.2) is 41.0 Å². The number of ether oxygens (including phenoxy) is 2. The smallest absolute Gasteiger partial charge is 0.337 e. The lowest BCUT2D eigenvalue weighted by Gasteiger charge is -2.33. The quantitative estimate of drug-likeness (QED) is 0.323. The Kier molecular flexibility index (Phi) is 7.51. The summed E-state index contributed by atoms with van der Waals surface area (Å²) in [6, 6.07) is 7.49. The van der Waals surface area contributed by atoms with Crippen molar-refractivity contribution in [3.8, 4) is 0 Å². The van der Waals surface area contributed by atoms with Gasteiger partial charge in [-0.3, -0.25) is 14.9 Å². The van der Waals surface area contributed by atoms with Gasteiger partial charge in [0, 0.05) is 43.5 Å². The minimum absolute atomic E-state index is 0.0391. The molecule has 0 aromatic heterocycles. The summed E-state index contributed by atoms with van der Waals surface area (Å²) in [5.74, 6) is -1.72. The van der Waals surface area contributed by atoms with E-state index in [0.717, 1.165) is 10.7 Å². The van der Waals surface area contributed by atoms with Crippen molar-refractivity contribution in [1.29, 1.82) is 0 Å². The maximum atomic E-state index is 13.5. The molecule has 3 aliphatic heterocycles. The molecule has 0 radical (unpaired) electrons. The van der Waals surface area contributed by atoms with E-state index in [4.69, 9.17) is 21.1 Å². The molecule has 2 aromatic rings. The Labute approximate surface area is 228 Å². The first-order chi connectivity index (χ1) is 18.7. The molecule has 1 N–H and O–H groups in total. The highest BCUT2D eigenvalue weighted by molar-refractivity contribution is 6.34. The van der Waals surface area contributed by atoms with Crippen LogP contribution in [-0.2, 0) is 14.3 Å². The van der Waals surface area contributed by atoms with Crippen LogP contribution in [0.25, 0.3) is 6.08 Å². The molecule has 5 rings (SSSR count). The average Bonchev–Trinajstić information content (AvgIpc) is 3.22. The Balaban J connectivity index is 1.58. The number of morpholine rings is 2. The number of halogens is 1. The molecule has 0 saturated carbocycles. The number of carboxylic acid groups (broad SMARTS) is 1. The van der Waals surface area contributed by atoms with Crippen molar-refractivity contribution in [2.45, 2.75) is 6.92 Å². The van der Waals surface area contributed by atoms with Crippen LogP contribution in [0.3, 0.4) is 0 Å². The Hall–Kier alpha value is -4.00. The van der Waals surface area contributed by atoms with Gasteiger partial charge in [-0.25, -0.2) is 4.79 Å². The third-order valence-electron chi connectivity index (χ3n) is 6.81. The Bertz CT molecular complexity index is 1400. The fourth-order valence-corrected chi connectivity index (χ4v) is 5.00. The topological polar surface area (TPSA) is 138 Å². The number of anilines is 3. The van der Waals surface area contributed by atoms with Crippen LogP contribution in [0.1, 0.15) is 22.8 Å². The Morgan fingerprint density at radius 1 is 1.05 bits per heavy atom. The molecule has 0 atom stereocenters. The largest absolute Gasteiger partial charge is 0.478 e. The molecule has 0 bridgehead atoms. The summed E-state index contributed by atoms with van der Waals surface area (Å²) in [6.07, 6.45) is 1.61. The molecule has 12 nitrogen and oxygen atoms in total. The summed E-state index contributed by atoms with van der Waals surface area (Å²) in [7, 11) is 0. The first-order valence-corrected chi connectivity index (χ1v) is 12.7. The zero-order valence-corrected chi connectivity index (χ0v) is 21.9. The summed E-state index contributed by atoms with van der Waals surface area (Å²) in [5, 5.41) is 27.1. The number of benzene rings is 2. The van der Waals surface area contributed by atoms with Crippen LogP contribution in [0.4, 0.5) is 22.7 Å². The number of hydrogen-bond donors (Lipinski definition) is 1. The van der Waals surface area contributed by atoms with E-state index in [0.29, 0.717) is 69.6 Å². The van der Waals surface area contributed by atoms with Crippen LogP contribution < -0.4 is 14.8 Å². The SMILES string of the molecule is CC1=NN(c2ccc(Cl)c(C(=O)O)c2)C(=O)/C1=C/c1cc([N+](=O)[O-])c(N2CCOCC2)cc1N1CCOCC1. The number of carboxylic acids is 1. The van der Waals surface area contributed by atoms with Crippen LogP contribution in [0, 0.1) is 10.1 Å². The lowest BCUT2D eigenvalue weighted by Crippen LogP contribution is -2.38. The van der Waals surface area contributed by atoms with Crippen molar-refractivity contribution in [1.82, 2.24) is 0 Å². The third-order valence-corrected chi connectivity index (χ3v) is 7.14. The number of carbonyl (C=O) groups excluding carboxylic acids is 1. The highest BCUT2D eigenvalue weighted by Crippen LogP contribution is 2.38. The van der Waals surface area contributed by atoms with E-state index < -0.39 is 16.8 Å². The van der Waals surface area contributed by atoms with Gasteiger partial charge in [0.25, 0.3) is 11.6 Å². The van der Waals surface area contributed by atoms with Crippen molar-refractivity contribution in [3.63, 3.8) is 0 Å². The molecule has 0 aliphatic carbocycles. The molecule has 39 heavy (non-hydrogen) atoms. The van der Waals surface area contributed by atoms with Gasteiger partial charge in [-0.2, -0.15) is 10.1 Å². The number of rotatable bonds is 6. The average molecular weight is 556 g/mol. The molecule has 13 heteroatoms. The second kappa shape index (κ2) is 11.0. The van der Waals surface area contributed by atoms with Gasteiger partial charge in [-0.05, 0) is 37.3 Å². The van der Waals surface area contributed by atoms with E-state index in [1.165, 1.54) is 24.3 Å². The van der Waals surface area contributed by atoms with Gasteiger partial charge in [-0.1, -0.05) is 11.6 Å². The van der Waals surface area contributed by atoms with Crippen molar-refractivity contribution in [2.75, 3.05) is 67.4 Å². The van der Waals surface area contributed by atoms with E-state index in [-0.39, 0.29) is 27.5 Å². The molecule has 2 fully saturated rings. The Morgan fingerprint density at radius 2 is 1.67 bits per heavy atom. The summed E-state index contributed by atoms with van der Waals surface area (Å²) in [5.41, 5.74) is 2.40. The lowest BCUT2D eigenvalue weighted by atomic mass is 10.0. The fraction of sp³-hybridized carbons (Fsp3) is 0.346. The highest BCUT2D eigenvalue weighted by Gasteiger charge is 2.32. The zero-order chi connectivity index (χ0) is 27.7. The monoisotopic (exact) mass is 555 g/mol. The number of carbonyl (C=O) groups is 2. The molecule has 3 heterocycles. The maximum Gasteiger partial charge on any atom is 0.337 e. The van der Waals surface area contributed by atoms with E-state index >= 15 is 0 Å². The maximum absolute atomic E-state index is 13.5. The normalized spacial score (nSPS) is 19.0. The number of aromatic carboxylic acids is 1. The molecule has 3 aliphatic rings. The molecule has 0 spiro atoms. The summed E-state index contributed by atoms with van der Waals surface area (Å²) >= 11 is 5.99. The molecular formula is C26H26ClN5O7. The first-order valence-electron chi connectivity index (χ1n) is 12.4. The van der Waals surface area contributed by atoms with E-state index in [2.05, 4.69) is 10.0 Å². The van der Waals surface area contributed by atoms with Crippen LogP contribution >= 0.6 is 11.6 Å². The van der Waals surface area contributed by atoms with Gasteiger partial charge in [0.2, 0.25) is 0 Å². The van der Waals surface area contributed by atoms with Crippen molar-refractivity contribution in [3.05, 3.63) is 62.2 Å².